The van der Waals surface area contributed by atoms with Gasteiger partial charge in [0.15, 0.2) is 5.78 Å². The summed E-state index contributed by atoms with van der Waals surface area (Å²) in [6, 6.07) is 0. The summed E-state index contributed by atoms with van der Waals surface area (Å²) in [5.74, 6) is 2.53. The van der Waals surface area contributed by atoms with E-state index in [1.165, 1.54) is 12.0 Å². The van der Waals surface area contributed by atoms with Crippen molar-refractivity contribution in [3.8, 4) is 0 Å². The van der Waals surface area contributed by atoms with Gasteiger partial charge in [-0.25, -0.2) is 0 Å². The first-order valence-corrected chi connectivity index (χ1v) is 9.08. The Kier molecular flexibility index (Phi) is 3.86. The van der Waals surface area contributed by atoms with Gasteiger partial charge in [0.1, 0.15) is 5.78 Å². The minimum atomic E-state index is -0.127. The van der Waals surface area contributed by atoms with E-state index >= 15 is 0 Å². The van der Waals surface area contributed by atoms with Crippen LogP contribution in [0.5, 0.6) is 0 Å². The highest BCUT2D eigenvalue weighted by atomic mass is 16.1. The molecule has 0 radical (unpaired) electrons. The maximum Gasteiger partial charge on any atom is 0.155 e. The normalized spacial score (nSPS) is 44.8. The number of rotatable bonds is 2. The van der Waals surface area contributed by atoms with Gasteiger partial charge < -0.3 is 0 Å². The molecule has 122 valence electrons. The number of fused-ring (bicyclic) bond motifs is 3. The third-order valence-electron chi connectivity index (χ3n) is 7.60. The lowest BCUT2D eigenvalue weighted by Gasteiger charge is -2.58. The zero-order chi connectivity index (χ0) is 16.1. The largest absolute Gasteiger partial charge is 0.299 e. The fourth-order valence-corrected chi connectivity index (χ4v) is 6.07. The molecule has 2 saturated carbocycles. The average molecular weight is 302 g/mol. The molecule has 0 amide bonds. The van der Waals surface area contributed by atoms with Gasteiger partial charge in [-0.05, 0) is 68.3 Å². The summed E-state index contributed by atoms with van der Waals surface area (Å²) in [5.41, 5.74) is 1.49. The first-order chi connectivity index (χ1) is 10.3. The van der Waals surface area contributed by atoms with Crippen LogP contribution in [0.2, 0.25) is 0 Å². The van der Waals surface area contributed by atoms with Gasteiger partial charge in [0.05, 0.1) is 0 Å². The minimum absolute atomic E-state index is 0.127. The van der Waals surface area contributed by atoms with Crippen molar-refractivity contribution in [3.05, 3.63) is 11.6 Å². The van der Waals surface area contributed by atoms with Crippen molar-refractivity contribution in [3.63, 3.8) is 0 Å². The summed E-state index contributed by atoms with van der Waals surface area (Å²) in [6.07, 6.45) is 9.20. The van der Waals surface area contributed by atoms with E-state index in [2.05, 4.69) is 20.8 Å². The van der Waals surface area contributed by atoms with Crippen LogP contribution in [0.25, 0.3) is 0 Å². The van der Waals surface area contributed by atoms with Gasteiger partial charge >= 0.3 is 0 Å². The fraction of sp³-hybridized carbons (Fsp3) is 0.800. The average Bonchev–Trinajstić information content (AvgIpc) is 2.47. The van der Waals surface area contributed by atoms with Crippen molar-refractivity contribution in [2.75, 3.05) is 0 Å². The van der Waals surface area contributed by atoms with Gasteiger partial charge in [-0.3, -0.25) is 9.59 Å². The number of Topliss-reactive ketones (excluding diaryl/α,β-unsaturated/α-hetero) is 1. The maximum atomic E-state index is 12.3. The third kappa shape index (κ3) is 2.13. The Balaban J connectivity index is 1.96. The Bertz CT molecular complexity index is 532. The first-order valence-electron chi connectivity index (χ1n) is 9.08. The smallest absolute Gasteiger partial charge is 0.155 e. The quantitative estimate of drug-likeness (QED) is 0.739. The van der Waals surface area contributed by atoms with Crippen LogP contribution in [-0.2, 0) is 9.59 Å². The van der Waals surface area contributed by atoms with Crippen LogP contribution in [-0.4, -0.2) is 11.6 Å². The fourth-order valence-electron chi connectivity index (χ4n) is 6.07. The molecule has 3 rings (SSSR count). The molecule has 2 fully saturated rings. The predicted molar refractivity (Wildman–Crippen MR) is 88.4 cm³/mol. The number of hydrogen-bond donors (Lipinski definition) is 0. The second-order valence-corrected chi connectivity index (χ2v) is 8.39. The van der Waals surface area contributed by atoms with Gasteiger partial charge in [-0.15, -0.1) is 0 Å². The minimum Gasteiger partial charge on any atom is -0.299 e. The monoisotopic (exact) mass is 302 g/mol. The summed E-state index contributed by atoms with van der Waals surface area (Å²) in [7, 11) is 0. The van der Waals surface area contributed by atoms with Gasteiger partial charge in [0.2, 0.25) is 0 Å². The van der Waals surface area contributed by atoms with Gasteiger partial charge in [-0.1, -0.05) is 32.8 Å². The molecule has 3 aliphatic carbocycles. The maximum absolute atomic E-state index is 12.3. The van der Waals surface area contributed by atoms with Crippen molar-refractivity contribution in [1.29, 1.82) is 0 Å². The molecule has 0 bridgehead atoms. The lowest BCUT2D eigenvalue weighted by atomic mass is 9.46. The molecule has 0 aromatic rings. The second-order valence-electron chi connectivity index (χ2n) is 8.39. The highest BCUT2D eigenvalue weighted by Crippen LogP contribution is 2.62. The first kappa shape index (κ1) is 16.0. The highest BCUT2D eigenvalue weighted by Gasteiger charge is 2.55. The molecular weight excluding hydrogens is 272 g/mol. The summed E-state index contributed by atoms with van der Waals surface area (Å²) in [6.45, 7) is 8.65. The Hall–Kier alpha value is -0.920. The molecule has 0 N–H and O–H groups in total. The van der Waals surface area contributed by atoms with Crippen LogP contribution in [0.15, 0.2) is 11.6 Å². The standard InChI is InChI=1S/C20H30O2/c1-5-17-16-7-6-14-12-15(22)8-10-20(14,4)18(16)9-11-19(17,3)13(2)21/h12,16-18H,5-11H2,1-4H3/t16?,17-,18-,19?,20?/m0/s1. The van der Waals surface area contributed by atoms with Crippen LogP contribution in [0.4, 0.5) is 0 Å². The molecule has 3 aliphatic rings. The lowest BCUT2D eigenvalue weighted by Crippen LogP contribution is -2.52. The molecule has 0 saturated heterocycles. The molecule has 5 atom stereocenters. The van der Waals surface area contributed by atoms with Gasteiger partial charge in [0.25, 0.3) is 0 Å². The summed E-state index contributed by atoms with van der Waals surface area (Å²) in [5, 5.41) is 0. The summed E-state index contributed by atoms with van der Waals surface area (Å²) >= 11 is 0. The van der Waals surface area contributed by atoms with E-state index < -0.39 is 0 Å². The molecule has 0 heterocycles. The number of hydrogen-bond acceptors (Lipinski definition) is 2. The zero-order valence-electron chi connectivity index (χ0n) is 14.6. The van der Waals surface area contributed by atoms with Gasteiger partial charge in [0, 0.05) is 11.8 Å². The van der Waals surface area contributed by atoms with Crippen LogP contribution in [0.3, 0.4) is 0 Å². The van der Waals surface area contributed by atoms with E-state index in [1.807, 2.05) is 6.08 Å². The summed E-state index contributed by atoms with van der Waals surface area (Å²) < 4.78 is 0. The Labute approximate surface area is 134 Å². The topological polar surface area (TPSA) is 34.1 Å². The number of carbonyl (C=O) groups excluding carboxylic acids is 2. The Morgan fingerprint density at radius 2 is 1.95 bits per heavy atom. The predicted octanol–water partition coefficient (Wildman–Crippen LogP) is 4.72. The molecule has 3 unspecified atom stereocenters. The van der Waals surface area contributed by atoms with E-state index in [4.69, 9.17) is 0 Å². The SMILES string of the molecule is CC[C@H]1C2CCC3=CC(=O)CCC3(C)[C@H]2CCC1(C)C(C)=O. The van der Waals surface area contributed by atoms with Gasteiger partial charge in [-0.2, -0.15) is 0 Å². The number of ketones is 2. The van der Waals surface area contributed by atoms with Crippen LogP contribution >= 0.6 is 0 Å². The van der Waals surface area contributed by atoms with E-state index in [9.17, 15) is 9.59 Å². The van der Waals surface area contributed by atoms with Crippen molar-refractivity contribution < 1.29 is 9.59 Å². The van der Waals surface area contributed by atoms with Crippen molar-refractivity contribution >= 4 is 11.6 Å². The molecule has 0 spiro atoms. The van der Waals surface area contributed by atoms with E-state index in [-0.39, 0.29) is 10.8 Å². The highest BCUT2D eigenvalue weighted by molar-refractivity contribution is 5.91. The van der Waals surface area contributed by atoms with Crippen LogP contribution in [0.1, 0.15) is 72.6 Å². The summed E-state index contributed by atoms with van der Waals surface area (Å²) in [4.78, 5) is 24.1. The zero-order valence-corrected chi connectivity index (χ0v) is 14.6. The number of allylic oxidation sites excluding steroid dienone is 2. The van der Waals surface area contributed by atoms with E-state index in [1.54, 1.807) is 6.92 Å². The molecular formula is C20H30O2. The molecule has 0 aromatic heterocycles. The Morgan fingerprint density at radius 3 is 2.59 bits per heavy atom. The van der Waals surface area contributed by atoms with E-state index in [0.29, 0.717) is 35.7 Å². The molecule has 2 heteroatoms. The van der Waals surface area contributed by atoms with Crippen molar-refractivity contribution in [1.82, 2.24) is 0 Å². The van der Waals surface area contributed by atoms with Crippen molar-refractivity contribution in [2.45, 2.75) is 72.6 Å². The van der Waals surface area contributed by atoms with Crippen LogP contribution in [0, 0.1) is 28.6 Å². The van der Waals surface area contributed by atoms with E-state index in [0.717, 1.165) is 32.1 Å². The molecule has 22 heavy (non-hydrogen) atoms. The molecule has 0 aromatic carbocycles. The second kappa shape index (κ2) is 5.32. The molecule has 0 aliphatic heterocycles. The van der Waals surface area contributed by atoms with Crippen molar-refractivity contribution in [2.24, 2.45) is 28.6 Å². The molecule has 2 nitrogen and oxygen atoms in total. The van der Waals surface area contributed by atoms with Crippen LogP contribution < -0.4 is 0 Å². The third-order valence-corrected chi connectivity index (χ3v) is 7.60. The Morgan fingerprint density at radius 1 is 1.23 bits per heavy atom. The lowest BCUT2D eigenvalue weighted by molar-refractivity contribution is -0.138. The number of carbonyl (C=O) groups is 2.